The summed E-state index contributed by atoms with van der Waals surface area (Å²) in [4.78, 5) is 32.7. The molecule has 0 bridgehead atoms. The highest BCUT2D eigenvalue weighted by Gasteiger charge is 2.13. The van der Waals surface area contributed by atoms with Crippen molar-refractivity contribution in [3.63, 3.8) is 0 Å². The van der Waals surface area contributed by atoms with Crippen LogP contribution in [0, 0.1) is 6.92 Å². The number of carbonyl (C=O) groups is 1. The highest BCUT2D eigenvalue weighted by Crippen LogP contribution is 2.24. The third kappa shape index (κ3) is 7.11. The minimum absolute atomic E-state index is 0.182. The van der Waals surface area contributed by atoms with E-state index in [9.17, 15) is 9.59 Å². The van der Waals surface area contributed by atoms with Gasteiger partial charge in [-0.1, -0.05) is 47.0 Å². The normalized spacial score (nSPS) is 11.2. The molecule has 9 heteroatoms. The largest absolute Gasteiger partial charge is 0.483 e. The maximum Gasteiger partial charge on any atom is 0.282 e. The quantitative estimate of drug-likeness (QED) is 0.237. The molecule has 0 fully saturated rings. The molecule has 202 valence electrons. The second-order valence-electron chi connectivity index (χ2n) is 9.47. The molecule has 1 N–H and O–H groups in total. The van der Waals surface area contributed by atoms with Gasteiger partial charge >= 0.3 is 0 Å². The van der Waals surface area contributed by atoms with Crippen LogP contribution in [0.25, 0.3) is 10.9 Å². The Kier molecular flexibility index (Phi) is 9.14. The molecule has 39 heavy (non-hydrogen) atoms. The van der Waals surface area contributed by atoms with Crippen LogP contribution in [0.2, 0.25) is 0 Å². The first kappa shape index (κ1) is 28.0. The zero-order chi connectivity index (χ0) is 27.9. The number of aromatic nitrogens is 2. The number of unbranched alkanes of at least 4 members (excludes halogenated alkanes) is 1. The molecule has 0 saturated carbocycles. The lowest BCUT2D eigenvalue weighted by molar-refractivity contribution is -0.118. The van der Waals surface area contributed by atoms with Crippen LogP contribution in [0.1, 0.15) is 36.7 Å². The smallest absolute Gasteiger partial charge is 0.282 e. The molecule has 0 aliphatic heterocycles. The van der Waals surface area contributed by atoms with Gasteiger partial charge in [-0.3, -0.25) is 9.59 Å². The molecule has 3 aromatic carbocycles. The average Bonchev–Trinajstić information content (AvgIpc) is 2.92. The second-order valence-corrected chi connectivity index (χ2v) is 10.4. The Morgan fingerprint density at radius 2 is 1.90 bits per heavy atom. The van der Waals surface area contributed by atoms with Gasteiger partial charge in [-0.15, -0.1) is 0 Å². The summed E-state index contributed by atoms with van der Waals surface area (Å²) in [6.45, 7) is 3.90. The van der Waals surface area contributed by atoms with Gasteiger partial charge in [-0.05, 0) is 55.8 Å². The fourth-order valence-electron chi connectivity index (χ4n) is 3.94. The van der Waals surface area contributed by atoms with Crippen molar-refractivity contribution in [2.45, 2.75) is 33.1 Å². The van der Waals surface area contributed by atoms with Crippen LogP contribution in [-0.4, -0.2) is 42.5 Å². The van der Waals surface area contributed by atoms with Gasteiger partial charge in [0.15, 0.2) is 6.61 Å². The lowest BCUT2D eigenvalue weighted by atomic mass is 10.2. The van der Waals surface area contributed by atoms with Crippen LogP contribution < -0.4 is 20.5 Å². The molecule has 0 spiro atoms. The summed E-state index contributed by atoms with van der Waals surface area (Å²) < 4.78 is 8.10. The van der Waals surface area contributed by atoms with E-state index in [1.807, 2.05) is 80.5 Å². The first-order valence-electron chi connectivity index (χ1n) is 12.8. The van der Waals surface area contributed by atoms with E-state index >= 15 is 0 Å². The molecular formula is C30H32BrN5O3. The van der Waals surface area contributed by atoms with Crippen LogP contribution in [0.15, 0.2) is 75.0 Å². The molecule has 0 aliphatic carbocycles. The molecule has 1 heterocycles. The van der Waals surface area contributed by atoms with Crippen molar-refractivity contribution in [1.82, 2.24) is 9.66 Å². The number of hydrogen-bond donors (Lipinski definition) is 1. The number of halogens is 1. The summed E-state index contributed by atoms with van der Waals surface area (Å²) in [5.74, 6) is 0.792. The van der Waals surface area contributed by atoms with Crippen molar-refractivity contribution in [2.24, 2.45) is 5.10 Å². The lowest BCUT2D eigenvalue weighted by Crippen LogP contribution is -2.23. The third-order valence-corrected chi connectivity index (χ3v) is 6.64. The third-order valence-electron chi connectivity index (χ3n) is 6.15. The zero-order valence-corrected chi connectivity index (χ0v) is 24.2. The van der Waals surface area contributed by atoms with E-state index < -0.39 is 0 Å². The van der Waals surface area contributed by atoms with E-state index in [4.69, 9.17) is 9.72 Å². The summed E-state index contributed by atoms with van der Waals surface area (Å²) in [7, 11) is 3.85. The van der Waals surface area contributed by atoms with Crippen LogP contribution >= 0.6 is 15.9 Å². The van der Waals surface area contributed by atoms with Crippen molar-refractivity contribution >= 4 is 50.3 Å². The number of hydrogen-bond acceptors (Lipinski definition) is 6. The zero-order valence-electron chi connectivity index (χ0n) is 22.6. The van der Waals surface area contributed by atoms with Gasteiger partial charge in [0.25, 0.3) is 11.5 Å². The average molecular weight is 591 g/mol. The van der Waals surface area contributed by atoms with E-state index in [0.717, 1.165) is 28.6 Å². The van der Waals surface area contributed by atoms with Gasteiger partial charge in [0.05, 0.1) is 17.1 Å². The van der Waals surface area contributed by atoms with Gasteiger partial charge in [0.1, 0.15) is 11.6 Å². The van der Waals surface area contributed by atoms with E-state index in [1.54, 1.807) is 12.3 Å². The van der Waals surface area contributed by atoms with Crippen molar-refractivity contribution in [3.8, 4) is 5.75 Å². The molecule has 0 radical (unpaired) electrons. The summed E-state index contributed by atoms with van der Waals surface area (Å²) in [5.41, 5.74) is 3.74. The van der Waals surface area contributed by atoms with Gasteiger partial charge < -0.3 is 15.0 Å². The van der Waals surface area contributed by atoms with Crippen molar-refractivity contribution in [1.29, 1.82) is 0 Å². The fourth-order valence-corrected chi connectivity index (χ4v) is 4.30. The second kappa shape index (κ2) is 12.7. The summed E-state index contributed by atoms with van der Waals surface area (Å²) in [6.07, 6.45) is 4.05. The Labute approximate surface area is 236 Å². The summed E-state index contributed by atoms with van der Waals surface area (Å²) in [6, 6.07) is 18.7. The van der Waals surface area contributed by atoms with Gasteiger partial charge in [-0.25, -0.2) is 4.98 Å². The summed E-state index contributed by atoms with van der Waals surface area (Å²) in [5, 5.41) is 7.88. The first-order chi connectivity index (χ1) is 18.7. The van der Waals surface area contributed by atoms with Crippen LogP contribution in [0.4, 0.5) is 11.4 Å². The minimum atomic E-state index is -0.278. The molecule has 1 amide bonds. The number of anilines is 2. The van der Waals surface area contributed by atoms with Crippen molar-refractivity contribution in [3.05, 3.63) is 92.4 Å². The highest BCUT2D eigenvalue weighted by atomic mass is 79.9. The Morgan fingerprint density at radius 3 is 2.62 bits per heavy atom. The molecule has 0 unspecified atom stereocenters. The predicted octanol–water partition coefficient (Wildman–Crippen LogP) is 5.78. The topological polar surface area (TPSA) is 88.8 Å². The number of benzene rings is 3. The van der Waals surface area contributed by atoms with Crippen LogP contribution in [-0.2, 0) is 11.2 Å². The molecule has 4 rings (SSSR count). The molecule has 1 aromatic heterocycles. The number of nitrogens with one attached hydrogen (secondary N) is 1. The number of amides is 1. The van der Waals surface area contributed by atoms with Gasteiger partial charge in [0, 0.05) is 48.0 Å². The van der Waals surface area contributed by atoms with Crippen LogP contribution in [0.3, 0.4) is 0 Å². The molecule has 8 nitrogen and oxygen atoms in total. The number of carbonyl (C=O) groups excluding carboxylic acids is 1. The standard InChI is InChI=1S/C30H32BrN5O3/c1-5-6-7-28-34-26-15-11-22(31)16-25(26)30(38)36(28)32-18-21-10-14-24(35(3)4)17-27(21)39-19-29(37)33-23-12-8-20(2)9-13-23/h8-18H,5-7,19H2,1-4H3,(H,33,37). The number of ether oxygens (including phenoxy) is 1. The molecule has 0 atom stereocenters. The van der Waals surface area contributed by atoms with Crippen molar-refractivity contribution < 1.29 is 9.53 Å². The summed E-state index contributed by atoms with van der Waals surface area (Å²) >= 11 is 3.44. The Hall–Kier alpha value is -3.98. The minimum Gasteiger partial charge on any atom is -0.483 e. The van der Waals surface area contributed by atoms with Gasteiger partial charge in [0.2, 0.25) is 0 Å². The number of fused-ring (bicyclic) bond motifs is 1. The van der Waals surface area contributed by atoms with Crippen molar-refractivity contribution in [2.75, 3.05) is 30.9 Å². The fraction of sp³-hybridized carbons (Fsp3) is 0.267. The Morgan fingerprint density at radius 1 is 1.13 bits per heavy atom. The molecular weight excluding hydrogens is 558 g/mol. The van der Waals surface area contributed by atoms with E-state index in [0.29, 0.717) is 40.1 Å². The number of nitrogens with zero attached hydrogens (tertiary/aromatic N) is 4. The maximum atomic E-state index is 13.4. The first-order valence-corrected chi connectivity index (χ1v) is 13.6. The highest BCUT2D eigenvalue weighted by molar-refractivity contribution is 9.10. The number of rotatable bonds is 10. The lowest BCUT2D eigenvalue weighted by Gasteiger charge is -2.16. The van der Waals surface area contributed by atoms with Crippen LogP contribution in [0.5, 0.6) is 5.75 Å². The Bertz CT molecular complexity index is 1560. The molecule has 0 aliphatic rings. The predicted molar refractivity (Wildman–Crippen MR) is 161 cm³/mol. The van der Waals surface area contributed by atoms with E-state index in [-0.39, 0.29) is 18.1 Å². The monoisotopic (exact) mass is 589 g/mol. The Balaban J connectivity index is 1.65. The molecule has 4 aromatic rings. The molecule has 0 saturated heterocycles. The van der Waals surface area contributed by atoms with E-state index in [1.165, 1.54) is 4.68 Å². The number of aryl methyl sites for hydroxylation is 2. The SMILES string of the molecule is CCCCc1nc2ccc(Br)cc2c(=O)n1N=Cc1ccc(N(C)C)cc1OCC(=O)Nc1ccc(C)cc1. The van der Waals surface area contributed by atoms with Gasteiger partial charge in [-0.2, -0.15) is 9.78 Å². The van der Waals surface area contributed by atoms with E-state index in [2.05, 4.69) is 33.3 Å². The maximum absolute atomic E-state index is 13.4.